The summed E-state index contributed by atoms with van der Waals surface area (Å²) in [5.74, 6) is -0.787. The van der Waals surface area contributed by atoms with Crippen molar-refractivity contribution in [3.05, 3.63) is 58.5 Å². The molecule has 2 unspecified atom stereocenters. The molecule has 0 radical (unpaired) electrons. The molecule has 6 nitrogen and oxygen atoms in total. The first-order valence-corrected chi connectivity index (χ1v) is 17.9. The molecule has 3 rings (SSSR count). The number of halogens is 3. The van der Waals surface area contributed by atoms with Gasteiger partial charge in [0.05, 0.1) is 5.56 Å². The summed E-state index contributed by atoms with van der Waals surface area (Å²) in [5.41, 5.74) is -0.423. The Labute approximate surface area is 274 Å². The summed E-state index contributed by atoms with van der Waals surface area (Å²) in [7, 11) is 0. The summed E-state index contributed by atoms with van der Waals surface area (Å²) in [5, 5.41) is 19.6. The Morgan fingerprint density at radius 2 is 1.29 bits per heavy atom. The van der Waals surface area contributed by atoms with Crippen molar-refractivity contribution in [3.8, 4) is 17.0 Å². The lowest BCUT2D eigenvalue weighted by molar-refractivity contribution is 0.101. The smallest absolute Gasteiger partial charge is 0.345 e. The van der Waals surface area contributed by atoms with E-state index in [0.717, 1.165) is 107 Å². The van der Waals surface area contributed by atoms with E-state index >= 15 is 0 Å². The number of unbranched alkanes of at least 4 members (excludes halogenated alkanes) is 11. The Balaban J connectivity index is 1.75. The highest BCUT2D eigenvalue weighted by Crippen LogP contribution is 2.30. The minimum Gasteiger partial charge on any atom is -0.474 e. The molecular weight excluding hydrogens is 644 g/mol. The van der Waals surface area contributed by atoms with Crippen LogP contribution in [0.5, 0.6) is 5.88 Å². The van der Waals surface area contributed by atoms with Crippen molar-refractivity contribution in [1.82, 2.24) is 4.98 Å². The fourth-order valence-corrected chi connectivity index (χ4v) is 6.31. The molecule has 2 heterocycles. The van der Waals surface area contributed by atoms with Crippen molar-refractivity contribution in [3.63, 3.8) is 0 Å². The van der Waals surface area contributed by atoms with Gasteiger partial charge in [-0.2, -0.15) is 4.98 Å². The van der Waals surface area contributed by atoms with Gasteiger partial charge in [0.1, 0.15) is 17.7 Å². The zero-order chi connectivity index (χ0) is 32.3. The molecule has 0 amide bonds. The van der Waals surface area contributed by atoms with E-state index in [-0.39, 0.29) is 36.2 Å². The van der Waals surface area contributed by atoms with Crippen LogP contribution >= 0.6 is 15.9 Å². The molecule has 3 aromatic rings. The van der Waals surface area contributed by atoms with Crippen molar-refractivity contribution < 1.29 is 28.1 Å². The van der Waals surface area contributed by atoms with Gasteiger partial charge in [0.15, 0.2) is 0 Å². The number of fused-ring (bicyclic) bond motifs is 1. The van der Waals surface area contributed by atoms with Crippen LogP contribution < -0.4 is 10.4 Å². The number of aliphatic hydroxyl groups excluding tert-OH is 2. The molecule has 0 aliphatic rings. The third kappa shape index (κ3) is 13.5. The Hall–Kier alpha value is -2.36. The number of nitrogens with zero attached hydrogens (tertiary/aromatic N) is 1. The first kappa shape index (κ1) is 37.1. The molecule has 2 atom stereocenters. The number of ether oxygens (including phenoxy) is 1. The molecular formula is C36H50BrF2NO5. The number of benzene rings is 1. The molecule has 0 spiro atoms. The maximum absolute atomic E-state index is 13.8. The van der Waals surface area contributed by atoms with Crippen LogP contribution in [0.3, 0.4) is 0 Å². The average Bonchev–Trinajstić information content (AvgIpc) is 3.01. The van der Waals surface area contributed by atoms with E-state index < -0.39 is 17.3 Å². The Morgan fingerprint density at radius 1 is 0.733 bits per heavy atom. The van der Waals surface area contributed by atoms with E-state index in [1.807, 2.05) is 0 Å². The predicted octanol–water partition coefficient (Wildman–Crippen LogP) is 9.51. The number of aromatic nitrogens is 1. The lowest BCUT2D eigenvalue weighted by atomic mass is 9.87. The normalized spacial score (nSPS) is 12.9. The Morgan fingerprint density at radius 3 is 1.89 bits per heavy atom. The monoisotopic (exact) mass is 693 g/mol. The highest BCUT2D eigenvalue weighted by Gasteiger charge is 2.24. The van der Waals surface area contributed by atoms with Crippen molar-refractivity contribution in [1.29, 1.82) is 0 Å². The molecule has 0 aliphatic heterocycles. The van der Waals surface area contributed by atoms with Crippen molar-refractivity contribution in [2.45, 2.75) is 115 Å². The van der Waals surface area contributed by atoms with Gasteiger partial charge in [-0.3, -0.25) is 0 Å². The van der Waals surface area contributed by atoms with E-state index in [4.69, 9.17) is 14.3 Å². The predicted molar refractivity (Wildman–Crippen MR) is 180 cm³/mol. The van der Waals surface area contributed by atoms with Gasteiger partial charge < -0.3 is 19.4 Å². The summed E-state index contributed by atoms with van der Waals surface area (Å²) in [6, 6.07) is 8.05. The largest absolute Gasteiger partial charge is 0.474 e. The van der Waals surface area contributed by atoms with Gasteiger partial charge in [0.2, 0.25) is 11.6 Å². The van der Waals surface area contributed by atoms with Crippen LogP contribution in [0.25, 0.3) is 22.2 Å². The third-order valence-electron chi connectivity index (χ3n) is 8.38. The summed E-state index contributed by atoms with van der Waals surface area (Å²) in [6.45, 7) is 0.501. The Kier molecular flexibility index (Phi) is 17.7. The molecule has 2 N–H and O–H groups in total. The van der Waals surface area contributed by atoms with E-state index in [1.54, 1.807) is 18.2 Å². The molecule has 250 valence electrons. The molecule has 45 heavy (non-hydrogen) atoms. The van der Waals surface area contributed by atoms with Gasteiger partial charge in [-0.15, -0.1) is 0 Å². The van der Waals surface area contributed by atoms with Crippen LogP contribution in [-0.4, -0.2) is 39.8 Å². The molecule has 0 saturated heterocycles. The lowest BCUT2D eigenvalue weighted by Gasteiger charge is -2.28. The van der Waals surface area contributed by atoms with Gasteiger partial charge >= 0.3 is 5.63 Å². The highest BCUT2D eigenvalue weighted by molar-refractivity contribution is 9.09. The topological polar surface area (TPSA) is 92.8 Å². The van der Waals surface area contributed by atoms with Crippen molar-refractivity contribution >= 4 is 27.0 Å². The number of hydrogen-bond donors (Lipinski definition) is 2. The van der Waals surface area contributed by atoms with Crippen LogP contribution in [0.15, 0.2) is 45.6 Å². The molecule has 9 heteroatoms. The summed E-state index contributed by atoms with van der Waals surface area (Å²) in [4.78, 5) is 17.4. The second-order valence-electron chi connectivity index (χ2n) is 12.0. The number of aliphatic hydroxyl groups is 2. The second-order valence-corrected chi connectivity index (χ2v) is 12.8. The molecule has 0 aliphatic carbocycles. The number of rotatable bonds is 24. The van der Waals surface area contributed by atoms with E-state index in [0.29, 0.717) is 17.2 Å². The second kappa shape index (κ2) is 21.4. The lowest BCUT2D eigenvalue weighted by Crippen LogP contribution is -2.28. The van der Waals surface area contributed by atoms with E-state index in [1.165, 1.54) is 25.7 Å². The minimum absolute atomic E-state index is 0.0334. The van der Waals surface area contributed by atoms with Gasteiger partial charge in [-0.1, -0.05) is 80.1 Å². The van der Waals surface area contributed by atoms with E-state index in [2.05, 4.69) is 20.9 Å². The first-order valence-electron chi connectivity index (χ1n) is 16.8. The SMILES string of the molecule is O=c1oc2nc(OC(CCCCCCCCCCO)C(CCCCBr)CCCCCCO)ccc2cc1-c1cc(F)cc(F)c1. The van der Waals surface area contributed by atoms with Crippen LogP contribution in [0, 0.1) is 17.6 Å². The molecule has 2 aromatic heterocycles. The van der Waals surface area contributed by atoms with Gasteiger partial charge in [0.25, 0.3) is 0 Å². The number of hydrogen-bond acceptors (Lipinski definition) is 6. The van der Waals surface area contributed by atoms with E-state index in [9.17, 15) is 18.7 Å². The summed E-state index contributed by atoms with van der Waals surface area (Å²) >= 11 is 3.56. The van der Waals surface area contributed by atoms with Gasteiger partial charge in [-0.25, -0.2) is 13.6 Å². The quantitative estimate of drug-likeness (QED) is 0.0717. The maximum Gasteiger partial charge on any atom is 0.345 e. The standard InChI is InChI=1S/C36H50BrF2NO5/c37-20-12-11-16-27(15-9-6-8-14-22-42)33(17-10-5-3-1-2-4-7-13-21-41)44-34-19-18-28-25-32(36(43)45-35(28)40-34)29-23-30(38)26-31(39)24-29/h18-19,23-27,33,41-42H,1-17,20-22H2. The molecule has 1 aromatic carbocycles. The van der Waals surface area contributed by atoms with Crippen LogP contribution in [-0.2, 0) is 0 Å². The average molecular weight is 695 g/mol. The van der Waals surface area contributed by atoms with Crippen LogP contribution in [0.1, 0.15) is 109 Å². The minimum atomic E-state index is -0.769. The summed E-state index contributed by atoms with van der Waals surface area (Å²) in [6.07, 6.45) is 18.1. The van der Waals surface area contributed by atoms with Crippen molar-refractivity contribution in [2.24, 2.45) is 5.92 Å². The van der Waals surface area contributed by atoms with Crippen molar-refractivity contribution in [2.75, 3.05) is 18.5 Å². The molecule has 0 fully saturated rings. The van der Waals surface area contributed by atoms with Gasteiger partial charge in [0, 0.05) is 36.1 Å². The molecule has 0 saturated carbocycles. The Bertz CT molecular complexity index is 1300. The summed E-state index contributed by atoms with van der Waals surface area (Å²) < 4.78 is 39.8. The third-order valence-corrected chi connectivity index (χ3v) is 8.94. The zero-order valence-electron chi connectivity index (χ0n) is 26.5. The fraction of sp³-hybridized carbons (Fsp3) is 0.611. The highest BCUT2D eigenvalue weighted by atomic mass is 79.9. The molecule has 0 bridgehead atoms. The van der Waals surface area contributed by atoms with Gasteiger partial charge in [-0.05, 0) is 80.7 Å². The van der Waals surface area contributed by atoms with Crippen LogP contribution in [0.4, 0.5) is 8.78 Å². The first-order chi connectivity index (χ1) is 21.9. The fourth-order valence-electron chi connectivity index (χ4n) is 5.91. The number of pyridine rings is 1. The zero-order valence-corrected chi connectivity index (χ0v) is 28.0. The maximum atomic E-state index is 13.8. The van der Waals surface area contributed by atoms with Crippen LogP contribution in [0.2, 0.25) is 0 Å². The number of alkyl halides is 1.